The number of ether oxygens (including phenoxy) is 1. The van der Waals surface area contributed by atoms with E-state index < -0.39 is 0 Å². The molecule has 3 aromatic heterocycles. The Hall–Kier alpha value is -3.42. The number of hydrogen-bond acceptors (Lipinski definition) is 6. The van der Waals surface area contributed by atoms with Gasteiger partial charge in [0.1, 0.15) is 5.75 Å². The zero-order chi connectivity index (χ0) is 18.5. The first-order chi connectivity index (χ1) is 12.6. The molecule has 3 aromatic rings. The van der Waals surface area contributed by atoms with Crippen LogP contribution in [0.25, 0.3) is 11.3 Å². The van der Waals surface area contributed by atoms with Crippen LogP contribution in [-0.2, 0) is 6.54 Å². The van der Waals surface area contributed by atoms with Crippen molar-refractivity contribution in [1.29, 1.82) is 0 Å². The molecule has 0 aliphatic rings. The van der Waals surface area contributed by atoms with Crippen LogP contribution in [0.1, 0.15) is 16.2 Å². The summed E-state index contributed by atoms with van der Waals surface area (Å²) in [6.07, 6.45) is 3.28. The zero-order valence-corrected chi connectivity index (χ0v) is 14.4. The normalized spacial score (nSPS) is 10.5. The number of aromatic nitrogens is 3. The molecule has 3 rings (SSSR count). The first-order valence-electron chi connectivity index (χ1n) is 7.99. The zero-order valence-electron chi connectivity index (χ0n) is 14.4. The van der Waals surface area contributed by atoms with Gasteiger partial charge in [-0.3, -0.25) is 14.6 Å². The Morgan fingerprint density at radius 2 is 2.19 bits per heavy atom. The molecule has 26 heavy (non-hydrogen) atoms. The maximum absolute atomic E-state index is 12.2. The van der Waals surface area contributed by atoms with Gasteiger partial charge in [-0.2, -0.15) is 0 Å². The van der Waals surface area contributed by atoms with Crippen molar-refractivity contribution in [3.8, 4) is 17.1 Å². The van der Waals surface area contributed by atoms with Crippen molar-refractivity contribution in [3.63, 3.8) is 0 Å². The Kier molecular flexibility index (Phi) is 5.12. The SMILES string of the molecule is COc1cc(C)n(CCNC(=O)c2cc(-c3cccnc3)on2)c(=O)c1. The molecule has 0 aliphatic heterocycles. The molecule has 134 valence electrons. The molecule has 0 aromatic carbocycles. The monoisotopic (exact) mass is 354 g/mol. The van der Waals surface area contributed by atoms with E-state index in [1.165, 1.54) is 13.2 Å². The van der Waals surface area contributed by atoms with Crippen molar-refractivity contribution < 1.29 is 14.1 Å². The minimum atomic E-state index is -0.372. The van der Waals surface area contributed by atoms with E-state index in [1.807, 2.05) is 13.0 Å². The van der Waals surface area contributed by atoms with Crippen LogP contribution in [0.5, 0.6) is 5.75 Å². The number of nitrogens with one attached hydrogen (secondary N) is 1. The quantitative estimate of drug-likeness (QED) is 0.722. The summed E-state index contributed by atoms with van der Waals surface area (Å²) in [5.41, 5.74) is 1.47. The van der Waals surface area contributed by atoms with Crippen LogP contribution in [0.15, 0.2) is 52.0 Å². The van der Waals surface area contributed by atoms with Gasteiger partial charge in [-0.25, -0.2) is 0 Å². The number of aryl methyl sites for hydroxylation is 1. The first kappa shape index (κ1) is 17.4. The van der Waals surface area contributed by atoms with Crippen molar-refractivity contribution >= 4 is 5.91 Å². The molecule has 8 nitrogen and oxygen atoms in total. The lowest BCUT2D eigenvalue weighted by molar-refractivity contribution is 0.0943. The van der Waals surface area contributed by atoms with Crippen molar-refractivity contribution in [2.75, 3.05) is 13.7 Å². The number of pyridine rings is 2. The molecule has 0 spiro atoms. The molecule has 0 aliphatic carbocycles. The fourth-order valence-corrected chi connectivity index (χ4v) is 2.50. The van der Waals surface area contributed by atoms with E-state index in [1.54, 1.807) is 35.2 Å². The van der Waals surface area contributed by atoms with E-state index in [0.717, 1.165) is 11.3 Å². The van der Waals surface area contributed by atoms with Gasteiger partial charge in [0.15, 0.2) is 11.5 Å². The maximum atomic E-state index is 12.2. The van der Waals surface area contributed by atoms with E-state index in [0.29, 0.717) is 18.1 Å². The number of rotatable bonds is 6. The number of carbonyl (C=O) groups is 1. The lowest BCUT2D eigenvalue weighted by Gasteiger charge is -2.11. The Labute approximate surface area is 149 Å². The van der Waals surface area contributed by atoms with Crippen molar-refractivity contribution in [2.24, 2.45) is 0 Å². The molecule has 0 radical (unpaired) electrons. The third-order valence-corrected chi connectivity index (χ3v) is 3.85. The Morgan fingerprint density at radius 1 is 1.35 bits per heavy atom. The van der Waals surface area contributed by atoms with Gasteiger partial charge < -0.3 is 19.1 Å². The van der Waals surface area contributed by atoms with Crippen LogP contribution in [0.3, 0.4) is 0 Å². The minimum absolute atomic E-state index is 0.169. The molecule has 0 fully saturated rings. The van der Waals surface area contributed by atoms with Crippen molar-refractivity contribution in [2.45, 2.75) is 13.5 Å². The molecule has 0 atom stereocenters. The number of amides is 1. The third-order valence-electron chi connectivity index (χ3n) is 3.85. The van der Waals surface area contributed by atoms with Gasteiger partial charge in [0.05, 0.1) is 7.11 Å². The smallest absolute Gasteiger partial charge is 0.273 e. The standard InChI is InChI=1S/C18H18N4O4/c1-12-8-14(25-2)9-17(23)22(12)7-6-20-18(24)15-10-16(26-21-15)13-4-3-5-19-11-13/h3-5,8-11H,6-7H2,1-2H3,(H,20,24). The molecule has 0 saturated carbocycles. The molecule has 1 N–H and O–H groups in total. The molecule has 0 unspecified atom stereocenters. The highest BCUT2D eigenvalue weighted by Crippen LogP contribution is 2.18. The summed E-state index contributed by atoms with van der Waals surface area (Å²) in [6.45, 7) is 2.43. The molecular weight excluding hydrogens is 336 g/mol. The molecule has 1 amide bonds. The summed E-state index contributed by atoms with van der Waals surface area (Å²) < 4.78 is 11.8. The van der Waals surface area contributed by atoms with Gasteiger partial charge in [0, 0.05) is 48.9 Å². The van der Waals surface area contributed by atoms with Crippen molar-refractivity contribution in [3.05, 3.63) is 64.5 Å². The molecule has 3 heterocycles. The Morgan fingerprint density at radius 3 is 2.88 bits per heavy atom. The summed E-state index contributed by atoms with van der Waals surface area (Å²) in [7, 11) is 1.51. The van der Waals surface area contributed by atoms with E-state index in [9.17, 15) is 9.59 Å². The van der Waals surface area contributed by atoms with Gasteiger partial charge in [-0.05, 0) is 25.1 Å². The van der Waals surface area contributed by atoms with Crippen LogP contribution in [-0.4, -0.2) is 34.3 Å². The summed E-state index contributed by atoms with van der Waals surface area (Å²) in [6, 6.07) is 8.31. The van der Waals surface area contributed by atoms with Crippen LogP contribution < -0.4 is 15.6 Å². The maximum Gasteiger partial charge on any atom is 0.273 e. The van der Waals surface area contributed by atoms with Gasteiger partial charge in [0.2, 0.25) is 0 Å². The second-order valence-corrected chi connectivity index (χ2v) is 5.60. The highest BCUT2D eigenvalue weighted by molar-refractivity contribution is 5.93. The Balaban J connectivity index is 1.62. The third kappa shape index (κ3) is 3.80. The largest absolute Gasteiger partial charge is 0.496 e. The topological polar surface area (TPSA) is 99.2 Å². The van der Waals surface area contributed by atoms with Crippen LogP contribution in [0.2, 0.25) is 0 Å². The van der Waals surface area contributed by atoms with E-state index in [-0.39, 0.29) is 23.7 Å². The first-order valence-corrected chi connectivity index (χ1v) is 7.99. The summed E-state index contributed by atoms with van der Waals surface area (Å²) in [5.74, 6) is 0.604. The predicted molar refractivity (Wildman–Crippen MR) is 94.1 cm³/mol. The fraction of sp³-hybridized carbons (Fsp3) is 0.222. The fourth-order valence-electron chi connectivity index (χ4n) is 2.50. The van der Waals surface area contributed by atoms with Gasteiger partial charge >= 0.3 is 0 Å². The predicted octanol–water partition coefficient (Wildman–Crippen LogP) is 1.65. The molecular formula is C18H18N4O4. The van der Waals surface area contributed by atoms with Crippen LogP contribution in [0.4, 0.5) is 0 Å². The Bertz CT molecular complexity index is 963. The molecule has 8 heteroatoms. The lowest BCUT2D eigenvalue weighted by atomic mass is 10.2. The lowest BCUT2D eigenvalue weighted by Crippen LogP contribution is -2.31. The van der Waals surface area contributed by atoms with Crippen molar-refractivity contribution in [1.82, 2.24) is 20.0 Å². The summed E-state index contributed by atoms with van der Waals surface area (Å²) in [4.78, 5) is 28.3. The van der Waals surface area contributed by atoms with Gasteiger partial charge in [0.25, 0.3) is 11.5 Å². The molecule has 0 bridgehead atoms. The number of carbonyl (C=O) groups excluding carboxylic acids is 1. The number of methoxy groups -OCH3 is 1. The second kappa shape index (κ2) is 7.64. The number of hydrogen-bond donors (Lipinski definition) is 1. The minimum Gasteiger partial charge on any atom is -0.496 e. The average Bonchev–Trinajstić information content (AvgIpc) is 3.14. The number of nitrogens with zero attached hydrogens (tertiary/aromatic N) is 3. The van der Waals surface area contributed by atoms with Gasteiger partial charge in [-0.1, -0.05) is 5.16 Å². The van der Waals surface area contributed by atoms with E-state index in [2.05, 4.69) is 15.5 Å². The van der Waals surface area contributed by atoms with E-state index >= 15 is 0 Å². The van der Waals surface area contributed by atoms with Crippen LogP contribution >= 0.6 is 0 Å². The van der Waals surface area contributed by atoms with Gasteiger partial charge in [-0.15, -0.1) is 0 Å². The van der Waals surface area contributed by atoms with E-state index in [4.69, 9.17) is 9.26 Å². The van der Waals surface area contributed by atoms with Crippen LogP contribution in [0, 0.1) is 6.92 Å². The summed E-state index contributed by atoms with van der Waals surface area (Å²) >= 11 is 0. The molecule has 0 saturated heterocycles. The summed E-state index contributed by atoms with van der Waals surface area (Å²) in [5, 5.41) is 6.50. The second-order valence-electron chi connectivity index (χ2n) is 5.60. The average molecular weight is 354 g/mol. The highest BCUT2D eigenvalue weighted by Gasteiger charge is 2.13. The highest BCUT2D eigenvalue weighted by atomic mass is 16.5.